The van der Waals surface area contributed by atoms with Gasteiger partial charge in [0.1, 0.15) is 0 Å². The highest BCUT2D eigenvalue weighted by Gasteiger charge is 1.98. The van der Waals surface area contributed by atoms with Crippen LogP contribution in [0, 0.1) is 0 Å². The highest BCUT2D eigenvalue weighted by molar-refractivity contribution is 9.10. The van der Waals surface area contributed by atoms with Crippen LogP contribution in [0.3, 0.4) is 0 Å². The lowest BCUT2D eigenvalue weighted by Crippen LogP contribution is -3.00. The highest BCUT2D eigenvalue weighted by atomic mass is 127. The van der Waals surface area contributed by atoms with Gasteiger partial charge in [-0.05, 0) is 15.9 Å². The topological polar surface area (TPSA) is 54.9 Å². The zero-order valence-electron chi connectivity index (χ0n) is 7.33. The molecule has 0 saturated heterocycles. The molecule has 1 aromatic heterocycles. The highest BCUT2D eigenvalue weighted by Crippen LogP contribution is 1.98. The van der Waals surface area contributed by atoms with E-state index in [9.17, 15) is 9.59 Å². The largest absolute Gasteiger partial charge is 1.00 e. The summed E-state index contributed by atoms with van der Waals surface area (Å²) >= 11 is 5.79. The molecule has 0 radical (unpaired) electrons. The molecule has 0 spiro atoms. The summed E-state index contributed by atoms with van der Waals surface area (Å²) in [4.78, 5) is 23.8. The van der Waals surface area contributed by atoms with E-state index in [0.717, 1.165) is 0 Å². The standard InChI is InChI=1S/C5H6BrN2O2P.HI.H2S/c6-3-1-8(2-11)5(10)7-4(3)9;;/h1H,2,11H2,(H,7,9,10);1H;1H2/p-1/i/hT. The van der Waals surface area contributed by atoms with Gasteiger partial charge in [-0.1, -0.05) is 0 Å². The van der Waals surface area contributed by atoms with Crippen molar-refractivity contribution in [3.8, 4) is 0 Å². The van der Waals surface area contributed by atoms with E-state index in [1.165, 1.54) is 10.8 Å². The molecule has 1 atom stereocenters. The van der Waals surface area contributed by atoms with Gasteiger partial charge in [0, 0.05) is 12.5 Å². The molecule has 0 aliphatic carbocycles. The van der Waals surface area contributed by atoms with Crippen molar-refractivity contribution < 1.29 is 24.0 Å². The van der Waals surface area contributed by atoms with Crippen molar-refractivity contribution in [2.75, 3.05) is 0 Å². The van der Waals surface area contributed by atoms with Gasteiger partial charge in [-0.25, -0.2) is 4.79 Å². The molecule has 1 heterocycles. The molecular formula is C5H8BrIN2O2PS-. The summed E-state index contributed by atoms with van der Waals surface area (Å²) in [5.74, 6) is 0. The van der Waals surface area contributed by atoms with Gasteiger partial charge < -0.3 is 24.0 Å². The van der Waals surface area contributed by atoms with Crippen molar-refractivity contribution in [3.63, 3.8) is 0 Å². The van der Waals surface area contributed by atoms with Crippen molar-refractivity contribution >= 4 is 38.6 Å². The van der Waals surface area contributed by atoms with Gasteiger partial charge in [0.2, 0.25) is 0 Å². The Labute approximate surface area is 110 Å². The van der Waals surface area contributed by atoms with E-state index in [1.54, 1.807) is 0 Å². The first kappa shape index (κ1) is 13.7. The van der Waals surface area contributed by atoms with Crippen molar-refractivity contribution in [1.29, 1.82) is 1.12 Å². The zero-order valence-corrected chi connectivity index (χ0v) is 12.1. The average molecular weight is 400 g/mol. The molecule has 0 amide bonds. The van der Waals surface area contributed by atoms with E-state index in [1.807, 2.05) is 0 Å². The normalized spacial score (nSPS) is 9.00. The zero-order chi connectivity index (χ0) is 10.4. The minimum atomic E-state index is -0.398. The van der Waals surface area contributed by atoms with Crippen LogP contribution in [0.1, 0.15) is 0 Å². The second-order valence-corrected chi connectivity index (χ2v) is 3.11. The van der Waals surface area contributed by atoms with Crippen LogP contribution in [-0.2, 0) is 6.29 Å². The van der Waals surface area contributed by atoms with E-state index in [4.69, 9.17) is 1.12 Å². The Kier molecular flexibility index (Phi) is 7.39. The second-order valence-electron chi connectivity index (χ2n) is 1.89. The van der Waals surface area contributed by atoms with E-state index >= 15 is 0 Å². The number of hydrogen-bond donors (Lipinski definition) is 1. The molecule has 1 aromatic rings. The van der Waals surface area contributed by atoms with E-state index in [-0.39, 0.29) is 24.0 Å². The molecule has 1 rings (SSSR count). The third-order valence-corrected chi connectivity index (χ3v) is 2.12. The number of hydrogen-bond acceptors (Lipinski definition) is 2. The summed E-state index contributed by atoms with van der Waals surface area (Å²) in [5.41, 5.74) is -0.794. The van der Waals surface area contributed by atoms with Crippen molar-refractivity contribution in [3.05, 3.63) is 31.5 Å². The molecule has 1 unspecified atom stereocenters. The molecule has 4 nitrogen and oxygen atoms in total. The predicted molar refractivity (Wildman–Crippen MR) is 59.1 cm³/mol. The lowest BCUT2D eigenvalue weighted by molar-refractivity contribution is -0.00000239. The minimum absolute atomic E-state index is 0. The first-order valence-electron chi connectivity index (χ1n) is 3.29. The van der Waals surface area contributed by atoms with Crippen LogP contribution in [0.2, 0.25) is 0 Å². The van der Waals surface area contributed by atoms with Gasteiger partial charge in [0.05, 0.1) is 5.60 Å². The second kappa shape index (κ2) is 7.03. The van der Waals surface area contributed by atoms with Gasteiger partial charge >= 0.3 is 5.69 Å². The van der Waals surface area contributed by atoms with Gasteiger partial charge in [-0.15, -0.1) is 9.24 Å². The van der Waals surface area contributed by atoms with Crippen LogP contribution in [0.15, 0.2) is 20.3 Å². The molecule has 0 aliphatic heterocycles. The maximum atomic E-state index is 10.9. The number of H-pyrrole nitrogens is 1. The summed E-state index contributed by atoms with van der Waals surface area (Å²) < 4.78 is 7.18. The molecule has 1 N–H and O–H groups in total. The molecule has 0 aliphatic rings. The smallest absolute Gasteiger partial charge is 0.328 e. The molecule has 0 saturated carbocycles. The number of nitrogens with zero attached hydrogens (tertiary/aromatic N) is 1. The number of nitrogens with one attached hydrogen (secondary N) is 1. The lowest BCUT2D eigenvalue weighted by atomic mass is 10.6. The van der Waals surface area contributed by atoms with E-state index in [0.29, 0.717) is 10.8 Å². The first-order chi connectivity index (χ1) is 6.15. The maximum Gasteiger partial charge on any atom is 0.328 e. The van der Waals surface area contributed by atoms with Gasteiger partial charge in [-0.3, -0.25) is 14.3 Å². The van der Waals surface area contributed by atoms with Gasteiger partial charge in [0.15, 0.2) is 0 Å². The summed E-state index contributed by atoms with van der Waals surface area (Å²) in [6.07, 6.45) is 1.92. The average Bonchev–Trinajstić information content (AvgIpc) is 2.15. The van der Waals surface area contributed by atoms with Crippen LogP contribution in [0.4, 0.5) is 0 Å². The van der Waals surface area contributed by atoms with E-state index in [2.05, 4.69) is 43.6 Å². The molecule has 0 fully saturated rings. The minimum Gasteiger partial charge on any atom is -1.00 e. The Morgan fingerprint density at radius 1 is 1.69 bits per heavy atom. The Morgan fingerprint density at radius 3 is 2.69 bits per heavy atom. The molecule has 0 aromatic carbocycles. The number of halogens is 2. The van der Waals surface area contributed by atoms with Crippen LogP contribution in [-0.4, -0.2) is 10.7 Å². The van der Waals surface area contributed by atoms with Crippen LogP contribution in [0.25, 0.3) is 0 Å². The molecule has 76 valence electrons. The predicted octanol–water partition coefficient (Wildman–Crippen LogP) is -2.75. The summed E-state index contributed by atoms with van der Waals surface area (Å²) in [5, 5.41) is 0. The monoisotopic (exact) mass is 399 g/mol. The Bertz CT molecular complexity index is 385. The first-order valence-corrected chi connectivity index (χ1v) is 4.45. The van der Waals surface area contributed by atoms with Crippen molar-refractivity contribution in [2.24, 2.45) is 0 Å². The quantitative estimate of drug-likeness (QED) is 0.411. The molecule has 8 heteroatoms. The Morgan fingerprint density at radius 2 is 2.23 bits per heavy atom. The fraction of sp³-hybridized carbons (Fsp3) is 0.200. The molecular weight excluding hydrogens is 390 g/mol. The van der Waals surface area contributed by atoms with Crippen molar-refractivity contribution in [1.82, 2.24) is 9.55 Å². The van der Waals surface area contributed by atoms with E-state index < -0.39 is 11.2 Å². The molecule has 13 heavy (non-hydrogen) atoms. The number of rotatable bonds is 1. The fourth-order valence-electron chi connectivity index (χ4n) is 0.618. The third-order valence-electron chi connectivity index (χ3n) is 1.16. The summed E-state index contributed by atoms with van der Waals surface area (Å²) in [7, 11) is 2.39. The van der Waals surface area contributed by atoms with Gasteiger partial charge in [0.25, 0.3) is 5.56 Å². The third kappa shape index (κ3) is 4.14. The van der Waals surface area contributed by atoms with Crippen LogP contribution >= 0.6 is 38.6 Å². The summed E-state index contributed by atoms with van der Waals surface area (Å²) in [6.45, 7) is 0. The van der Waals surface area contributed by atoms with Crippen LogP contribution in [0.5, 0.6) is 0 Å². The van der Waals surface area contributed by atoms with Gasteiger partial charge in [-0.2, -0.15) is 13.4 Å². The number of aromatic nitrogens is 2. The van der Waals surface area contributed by atoms with Crippen molar-refractivity contribution in [2.45, 2.75) is 6.29 Å². The maximum absolute atomic E-state index is 10.9. The molecule has 0 bridgehead atoms. The summed E-state index contributed by atoms with van der Waals surface area (Å²) in [6, 6.07) is 0. The fourth-order valence-corrected chi connectivity index (χ4v) is 1.24. The Balaban J connectivity index is 0. The SMILES string of the molecule is O=c1[nH]c(=O)n(CP)cc1Br.[3H]S.[I-]. The number of aromatic amines is 1. The lowest BCUT2D eigenvalue weighted by Gasteiger charge is -1.98. The van der Waals surface area contributed by atoms with Crippen LogP contribution < -0.4 is 35.2 Å². The Hall–Kier alpha value is 0.670.